The highest BCUT2D eigenvalue weighted by molar-refractivity contribution is 6.62. The van der Waals surface area contributed by atoms with Gasteiger partial charge in [0.1, 0.15) is 17.6 Å². The lowest BCUT2D eigenvalue weighted by molar-refractivity contribution is -0.134. The third-order valence-electron chi connectivity index (χ3n) is 7.78. The van der Waals surface area contributed by atoms with Crippen LogP contribution in [0.2, 0.25) is 0 Å². The van der Waals surface area contributed by atoms with Crippen LogP contribution in [0.4, 0.5) is 4.79 Å². The first-order valence-electron chi connectivity index (χ1n) is 13.2. The fourth-order valence-electron chi connectivity index (χ4n) is 4.76. The van der Waals surface area contributed by atoms with Crippen molar-refractivity contribution in [2.75, 3.05) is 27.8 Å². The Morgan fingerprint density at radius 1 is 1.18 bits per heavy atom. The van der Waals surface area contributed by atoms with E-state index < -0.39 is 30.5 Å². The second-order valence-corrected chi connectivity index (χ2v) is 11.2. The summed E-state index contributed by atoms with van der Waals surface area (Å²) in [5, 5.41) is 6.11. The van der Waals surface area contributed by atoms with Gasteiger partial charge in [-0.05, 0) is 58.0 Å². The van der Waals surface area contributed by atoms with E-state index >= 15 is 0 Å². The summed E-state index contributed by atoms with van der Waals surface area (Å²) in [5.74, 6) is 1.19. The van der Waals surface area contributed by atoms with Gasteiger partial charge >= 0.3 is 13.2 Å². The third-order valence-corrected chi connectivity index (χ3v) is 7.78. The van der Waals surface area contributed by atoms with Crippen LogP contribution in [0.5, 0.6) is 5.75 Å². The minimum atomic E-state index is -0.677. The van der Waals surface area contributed by atoms with Crippen LogP contribution in [0.3, 0.4) is 0 Å². The van der Waals surface area contributed by atoms with Crippen molar-refractivity contribution in [1.82, 2.24) is 15.5 Å². The highest BCUT2D eigenvalue weighted by Gasteiger charge is 2.51. The monoisotopic (exact) mass is 530 g/mol. The number of aliphatic imine (C=N–C) groups is 1. The first-order valence-corrected chi connectivity index (χ1v) is 13.2. The van der Waals surface area contributed by atoms with E-state index in [2.05, 4.69) is 15.6 Å². The van der Waals surface area contributed by atoms with Crippen molar-refractivity contribution in [3.8, 4) is 5.75 Å². The van der Waals surface area contributed by atoms with Gasteiger partial charge in [0.25, 0.3) is 0 Å². The van der Waals surface area contributed by atoms with Gasteiger partial charge in [0.15, 0.2) is 0 Å². The molecule has 1 aromatic rings. The molecule has 0 saturated carbocycles. The summed E-state index contributed by atoms with van der Waals surface area (Å²) in [6.07, 6.45) is 1.02. The summed E-state index contributed by atoms with van der Waals surface area (Å²) < 4.78 is 22.8. The van der Waals surface area contributed by atoms with E-state index in [9.17, 15) is 9.59 Å². The van der Waals surface area contributed by atoms with Crippen LogP contribution < -0.4 is 20.8 Å². The van der Waals surface area contributed by atoms with Crippen LogP contribution in [0.1, 0.15) is 59.9 Å². The number of benzene rings is 1. The molecule has 2 heterocycles. The molecule has 0 radical (unpaired) electrons. The highest BCUT2D eigenvalue weighted by Crippen LogP contribution is 2.36. The number of ether oxygens (including phenoxy) is 2. The second-order valence-electron chi connectivity index (χ2n) is 11.2. The molecule has 38 heavy (non-hydrogen) atoms. The Morgan fingerprint density at radius 3 is 2.39 bits per heavy atom. The molecule has 2 aliphatic heterocycles. The van der Waals surface area contributed by atoms with E-state index in [1.165, 1.54) is 7.11 Å². The second kappa shape index (κ2) is 11.9. The number of nitrogens with zero attached hydrogens (tertiary/aromatic N) is 2. The molecule has 2 saturated heterocycles. The zero-order valence-corrected chi connectivity index (χ0v) is 24.2. The molecule has 2 N–H and O–H groups in total. The number of methoxy groups -OCH3 is 2. The van der Waals surface area contributed by atoms with E-state index in [0.717, 1.165) is 23.9 Å². The molecule has 2 atom stereocenters. The maximum Gasteiger partial charge on any atom is 0.494 e. The molecule has 2 fully saturated rings. The number of hydrogen-bond donors (Lipinski definition) is 2. The summed E-state index contributed by atoms with van der Waals surface area (Å²) in [7, 11) is 4.17. The average molecular weight is 530 g/mol. The molecule has 11 heteroatoms. The van der Waals surface area contributed by atoms with Crippen molar-refractivity contribution < 1.29 is 28.4 Å². The summed E-state index contributed by atoms with van der Waals surface area (Å²) in [6, 6.07) is 5.04. The lowest BCUT2D eigenvalue weighted by Crippen LogP contribution is -2.55. The number of hydrogen-bond acceptors (Lipinski definition) is 7. The predicted octanol–water partition coefficient (Wildman–Crippen LogP) is 2.48. The molecule has 210 valence electrons. The van der Waals surface area contributed by atoms with Gasteiger partial charge in [0.05, 0.1) is 31.5 Å². The Labute approximate surface area is 227 Å². The van der Waals surface area contributed by atoms with Crippen LogP contribution in [0.25, 0.3) is 0 Å². The topological polar surface area (TPSA) is 111 Å². The van der Waals surface area contributed by atoms with E-state index in [1.807, 2.05) is 59.7 Å². The molecule has 0 spiro atoms. The van der Waals surface area contributed by atoms with E-state index in [0.29, 0.717) is 24.7 Å². The third kappa shape index (κ3) is 6.26. The predicted molar refractivity (Wildman–Crippen MR) is 148 cm³/mol. The summed E-state index contributed by atoms with van der Waals surface area (Å²) >= 11 is 0. The normalized spacial score (nSPS) is 21.4. The first-order chi connectivity index (χ1) is 17.8. The molecular formula is C27H43BN4O6. The number of carbonyl (C=O) groups is 2. The first kappa shape index (κ1) is 29.8. The van der Waals surface area contributed by atoms with Crippen LogP contribution in [0.15, 0.2) is 23.2 Å². The van der Waals surface area contributed by atoms with E-state index in [-0.39, 0.29) is 17.9 Å². The Morgan fingerprint density at radius 2 is 1.84 bits per heavy atom. The zero-order chi connectivity index (χ0) is 28.3. The smallest absolute Gasteiger partial charge is 0.494 e. The molecule has 0 aromatic heterocycles. The highest BCUT2D eigenvalue weighted by atomic mass is 16.7. The van der Waals surface area contributed by atoms with Crippen molar-refractivity contribution >= 4 is 30.4 Å². The SMILES string of the molecule is CN=C(NCc1ccc(B2OC(C)(C)C(C)(C)O2)cc1OC)C1CCCN1C(=O)C(NC(=O)OC)C(C)C. The molecule has 10 nitrogen and oxygen atoms in total. The van der Waals surface area contributed by atoms with Crippen molar-refractivity contribution in [2.24, 2.45) is 10.9 Å². The van der Waals surface area contributed by atoms with E-state index in [4.69, 9.17) is 18.8 Å². The minimum Gasteiger partial charge on any atom is -0.496 e. The Balaban J connectivity index is 1.72. The lowest BCUT2D eigenvalue weighted by atomic mass is 9.78. The molecule has 0 bridgehead atoms. The van der Waals surface area contributed by atoms with Crippen LogP contribution >= 0.6 is 0 Å². The number of amidine groups is 1. The minimum absolute atomic E-state index is 0.0930. The largest absolute Gasteiger partial charge is 0.496 e. The fourth-order valence-corrected chi connectivity index (χ4v) is 4.76. The fraction of sp³-hybridized carbons (Fsp3) is 0.667. The van der Waals surface area contributed by atoms with Gasteiger partial charge < -0.3 is 34.3 Å². The van der Waals surface area contributed by atoms with Gasteiger partial charge in [-0.15, -0.1) is 0 Å². The molecular weight excluding hydrogens is 487 g/mol. The van der Waals surface area contributed by atoms with Crippen molar-refractivity contribution in [2.45, 2.75) is 84.2 Å². The van der Waals surface area contributed by atoms with Gasteiger partial charge in [0.2, 0.25) is 5.91 Å². The summed E-state index contributed by atoms with van der Waals surface area (Å²) in [5.41, 5.74) is 0.975. The number of likely N-dealkylation sites (tertiary alicyclic amines) is 1. The van der Waals surface area contributed by atoms with Gasteiger partial charge in [-0.25, -0.2) is 4.79 Å². The summed E-state index contributed by atoms with van der Waals surface area (Å²) in [6.45, 7) is 13.0. The molecule has 2 amide bonds. The van der Waals surface area contributed by atoms with Gasteiger partial charge in [-0.1, -0.05) is 26.0 Å². The van der Waals surface area contributed by atoms with Crippen molar-refractivity contribution in [3.05, 3.63) is 23.8 Å². The molecule has 3 rings (SSSR count). The number of amides is 2. The Hall–Kier alpha value is -2.79. The molecule has 2 aliphatic rings. The lowest BCUT2D eigenvalue weighted by Gasteiger charge is -2.32. The number of carbonyl (C=O) groups excluding carboxylic acids is 2. The number of nitrogens with one attached hydrogen (secondary N) is 2. The zero-order valence-electron chi connectivity index (χ0n) is 24.2. The van der Waals surface area contributed by atoms with Crippen molar-refractivity contribution in [3.63, 3.8) is 0 Å². The Bertz CT molecular complexity index is 1030. The van der Waals surface area contributed by atoms with Gasteiger partial charge in [-0.2, -0.15) is 0 Å². The van der Waals surface area contributed by atoms with Crippen LogP contribution in [-0.4, -0.2) is 81.0 Å². The maximum atomic E-state index is 13.4. The van der Waals surface area contributed by atoms with Gasteiger partial charge in [-0.3, -0.25) is 9.79 Å². The average Bonchev–Trinajstić information content (AvgIpc) is 3.43. The van der Waals surface area contributed by atoms with E-state index in [1.54, 1.807) is 19.1 Å². The van der Waals surface area contributed by atoms with Gasteiger partial charge in [0, 0.05) is 25.7 Å². The molecule has 0 aliphatic carbocycles. The summed E-state index contributed by atoms with van der Waals surface area (Å²) in [4.78, 5) is 31.6. The number of rotatable bonds is 8. The standard InChI is InChI=1S/C27H43BN4O6/c1-17(2)22(31-25(34)36-9)24(33)32-14-10-11-20(32)23(29-7)30-16-18-12-13-19(15-21(18)35-8)28-37-26(3,4)27(5,6)38-28/h12-13,15,17,20,22H,10-11,14,16H2,1-9H3,(H,29,30)(H,31,34). The van der Waals surface area contributed by atoms with Crippen LogP contribution in [0, 0.1) is 5.92 Å². The Kier molecular flexibility index (Phi) is 9.36. The quantitative estimate of drug-likeness (QED) is 0.302. The maximum absolute atomic E-state index is 13.4. The molecule has 2 unspecified atom stereocenters. The van der Waals surface area contributed by atoms with Crippen molar-refractivity contribution in [1.29, 1.82) is 0 Å². The molecule has 1 aromatic carbocycles. The van der Waals surface area contributed by atoms with Crippen LogP contribution in [-0.2, 0) is 25.4 Å². The number of alkyl carbamates (subject to hydrolysis) is 1.